The average molecular weight is 514 g/mol. The number of hydrogen-bond acceptors (Lipinski definition) is 5. The molecule has 0 bridgehead atoms. The molecule has 0 fully saturated rings. The fourth-order valence-electron chi connectivity index (χ4n) is 3.17. The van der Waals surface area contributed by atoms with Gasteiger partial charge in [-0.05, 0) is 77.0 Å². The van der Waals surface area contributed by atoms with Crippen LogP contribution >= 0.6 is 23.1 Å². The topological polar surface area (TPSA) is 87.3 Å². The van der Waals surface area contributed by atoms with Crippen molar-refractivity contribution in [2.75, 3.05) is 16.4 Å². The maximum absolute atomic E-state index is 13.0. The Morgan fingerprint density at radius 2 is 1.44 bits per heavy atom. The molecule has 0 atom stereocenters. The molecule has 0 aliphatic carbocycles. The van der Waals surface area contributed by atoms with Crippen molar-refractivity contribution in [3.05, 3.63) is 119 Å². The number of carbonyl (C=O) groups is 3. The van der Waals surface area contributed by atoms with E-state index in [0.29, 0.717) is 11.3 Å². The van der Waals surface area contributed by atoms with E-state index < -0.39 is 5.91 Å². The molecule has 0 saturated heterocycles. The third-order valence-electron chi connectivity index (χ3n) is 4.92. The Bertz CT molecular complexity index is 1340. The number of para-hydroxylation sites is 1. The Kier molecular flexibility index (Phi) is 8.69. The zero-order valence-corrected chi connectivity index (χ0v) is 20.8. The van der Waals surface area contributed by atoms with Gasteiger partial charge in [-0.15, -0.1) is 11.8 Å². The molecule has 180 valence electrons. The minimum absolute atomic E-state index is 0.0963. The van der Waals surface area contributed by atoms with E-state index in [-0.39, 0.29) is 23.3 Å². The van der Waals surface area contributed by atoms with E-state index in [4.69, 9.17) is 0 Å². The lowest BCUT2D eigenvalue weighted by Crippen LogP contribution is -2.30. The van der Waals surface area contributed by atoms with Gasteiger partial charge in [0.05, 0.1) is 5.75 Å². The van der Waals surface area contributed by atoms with Crippen molar-refractivity contribution >= 4 is 58.3 Å². The molecule has 4 aromatic rings. The van der Waals surface area contributed by atoms with Crippen molar-refractivity contribution in [1.82, 2.24) is 5.32 Å². The summed E-state index contributed by atoms with van der Waals surface area (Å²) in [6.45, 7) is 0. The second-order valence-electron chi connectivity index (χ2n) is 7.62. The second-order valence-corrected chi connectivity index (χ2v) is 9.45. The summed E-state index contributed by atoms with van der Waals surface area (Å²) in [6.07, 6.45) is 1.64. The molecule has 1 heterocycles. The Hall–Kier alpha value is -4.14. The molecular formula is C28H23N3O3S2. The first-order chi connectivity index (χ1) is 17.6. The van der Waals surface area contributed by atoms with Crippen LogP contribution in [0.2, 0.25) is 0 Å². The van der Waals surface area contributed by atoms with Crippen LogP contribution in [-0.4, -0.2) is 23.5 Å². The summed E-state index contributed by atoms with van der Waals surface area (Å²) in [7, 11) is 0. The van der Waals surface area contributed by atoms with Gasteiger partial charge in [-0.2, -0.15) is 11.3 Å². The average Bonchev–Trinajstić information content (AvgIpc) is 3.42. The highest BCUT2D eigenvalue weighted by Gasteiger charge is 2.15. The number of anilines is 2. The third kappa shape index (κ3) is 7.43. The van der Waals surface area contributed by atoms with Crippen molar-refractivity contribution < 1.29 is 14.4 Å². The van der Waals surface area contributed by atoms with Crippen LogP contribution in [0.1, 0.15) is 15.9 Å². The first kappa shape index (κ1) is 25.0. The van der Waals surface area contributed by atoms with Crippen molar-refractivity contribution in [3.8, 4) is 0 Å². The molecular weight excluding hydrogens is 490 g/mol. The molecule has 0 radical (unpaired) electrons. The first-order valence-corrected chi connectivity index (χ1v) is 13.0. The molecule has 0 unspecified atom stereocenters. The second kappa shape index (κ2) is 12.5. The van der Waals surface area contributed by atoms with Gasteiger partial charge in [-0.25, -0.2) is 0 Å². The van der Waals surface area contributed by atoms with Crippen molar-refractivity contribution in [2.24, 2.45) is 0 Å². The fourth-order valence-corrected chi connectivity index (χ4v) is 4.48. The van der Waals surface area contributed by atoms with E-state index in [1.165, 1.54) is 23.1 Å². The smallest absolute Gasteiger partial charge is 0.272 e. The molecule has 0 aliphatic heterocycles. The predicted octanol–water partition coefficient (Wildman–Crippen LogP) is 5.89. The minimum Gasteiger partial charge on any atom is -0.325 e. The van der Waals surface area contributed by atoms with Crippen LogP contribution in [0.3, 0.4) is 0 Å². The van der Waals surface area contributed by atoms with E-state index in [1.807, 2.05) is 65.4 Å². The largest absolute Gasteiger partial charge is 0.325 e. The zero-order chi connectivity index (χ0) is 25.2. The number of nitrogens with one attached hydrogen (secondary N) is 3. The van der Waals surface area contributed by atoms with Gasteiger partial charge in [0, 0.05) is 21.8 Å². The number of carbonyl (C=O) groups excluding carboxylic acids is 3. The van der Waals surface area contributed by atoms with Crippen molar-refractivity contribution in [3.63, 3.8) is 0 Å². The highest BCUT2D eigenvalue weighted by atomic mass is 32.2. The maximum atomic E-state index is 13.0. The summed E-state index contributed by atoms with van der Waals surface area (Å²) in [5.74, 6) is -0.638. The van der Waals surface area contributed by atoms with E-state index >= 15 is 0 Å². The normalized spacial score (nSPS) is 10.9. The lowest BCUT2D eigenvalue weighted by atomic mass is 10.2. The van der Waals surface area contributed by atoms with Gasteiger partial charge in [0.25, 0.3) is 11.8 Å². The van der Waals surface area contributed by atoms with Crippen LogP contribution in [0, 0.1) is 0 Å². The van der Waals surface area contributed by atoms with Crippen LogP contribution < -0.4 is 16.0 Å². The zero-order valence-electron chi connectivity index (χ0n) is 19.1. The number of thioether (sulfide) groups is 1. The van der Waals surface area contributed by atoms with Crippen LogP contribution in [0.25, 0.3) is 6.08 Å². The number of amides is 3. The lowest BCUT2D eigenvalue weighted by Gasteiger charge is -2.11. The Labute approximate surface area is 217 Å². The molecule has 6 nitrogen and oxygen atoms in total. The van der Waals surface area contributed by atoms with Gasteiger partial charge in [0.15, 0.2) is 0 Å². The molecule has 0 aliphatic rings. The molecule has 0 spiro atoms. The number of hydrogen-bond donors (Lipinski definition) is 3. The van der Waals surface area contributed by atoms with Gasteiger partial charge < -0.3 is 16.0 Å². The minimum atomic E-state index is -0.437. The van der Waals surface area contributed by atoms with Gasteiger partial charge in [-0.3, -0.25) is 14.4 Å². The monoisotopic (exact) mass is 513 g/mol. The van der Waals surface area contributed by atoms with E-state index in [2.05, 4.69) is 16.0 Å². The molecule has 3 amide bonds. The summed E-state index contributed by atoms with van der Waals surface area (Å²) in [6, 6.07) is 27.1. The Balaban J connectivity index is 1.37. The lowest BCUT2D eigenvalue weighted by molar-refractivity contribution is -0.114. The summed E-state index contributed by atoms with van der Waals surface area (Å²) in [4.78, 5) is 38.7. The number of benzene rings is 3. The van der Waals surface area contributed by atoms with Crippen LogP contribution in [0.5, 0.6) is 0 Å². The molecule has 36 heavy (non-hydrogen) atoms. The number of thiophene rings is 1. The van der Waals surface area contributed by atoms with Crippen molar-refractivity contribution in [1.29, 1.82) is 0 Å². The van der Waals surface area contributed by atoms with Crippen LogP contribution in [0.15, 0.2) is 112 Å². The highest BCUT2D eigenvalue weighted by Crippen LogP contribution is 2.21. The Morgan fingerprint density at radius 3 is 2.11 bits per heavy atom. The molecule has 3 N–H and O–H groups in total. The SMILES string of the molecule is O=C(CSc1ccc(NC(=O)/C(=C/c2ccsc2)NC(=O)c2ccccc2)cc1)Nc1ccccc1. The molecule has 4 rings (SSSR count). The fraction of sp³-hybridized carbons (Fsp3) is 0.0357. The van der Waals surface area contributed by atoms with Gasteiger partial charge in [0.2, 0.25) is 5.91 Å². The van der Waals surface area contributed by atoms with Gasteiger partial charge in [0.1, 0.15) is 5.70 Å². The quantitative estimate of drug-likeness (QED) is 0.192. The van der Waals surface area contributed by atoms with Crippen molar-refractivity contribution in [2.45, 2.75) is 4.90 Å². The van der Waals surface area contributed by atoms with Gasteiger partial charge >= 0.3 is 0 Å². The number of rotatable bonds is 9. The summed E-state index contributed by atoms with van der Waals surface area (Å²) < 4.78 is 0. The molecule has 3 aromatic carbocycles. The molecule has 0 saturated carbocycles. The van der Waals surface area contributed by atoms with E-state index in [1.54, 1.807) is 42.5 Å². The van der Waals surface area contributed by atoms with E-state index in [9.17, 15) is 14.4 Å². The predicted molar refractivity (Wildman–Crippen MR) is 147 cm³/mol. The molecule has 1 aromatic heterocycles. The maximum Gasteiger partial charge on any atom is 0.272 e. The Morgan fingerprint density at radius 1 is 0.778 bits per heavy atom. The summed E-state index contributed by atoms with van der Waals surface area (Å²) >= 11 is 2.90. The van der Waals surface area contributed by atoms with Gasteiger partial charge in [-0.1, -0.05) is 36.4 Å². The third-order valence-corrected chi connectivity index (χ3v) is 6.64. The van der Waals surface area contributed by atoms with Crippen LogP contribution in [0.4, 0.5) is 11.4 Å². The van der Waals surface area contributed by atoms with E-state index in [0.717, 1.165) is 16.1 Å². The first-order valence-electron chi connectivity index (χ1n) is 11.1. The van der Waals surface area contributed by atoms with Crippen LogP contribution in [-0.2, 0) is 9.59 Å². The summed E-state index contributed by atoms with van der Waals surface area (Å²) in [5, 5.41) is 12.2. The highest BCUT2D eigenvalue weighted by molar-refractivity contribution is 8.00. The standard InChI is InChI=1S/C28H23N3O3S2/c32-26(29-22-9-5-2-6-10-22)19-36-24-13-11-23(12-14-24)30-28(34)25(17-20-15-16-35-18-20)31-27(33)21-7-3-1-4-8-21/h1-18H,19H2,(H,29,32)(H,30,34)(H,31,33)/b25-17-. The summed E-state index contributed by atoms with van der Waals surface area (Å²) in [5.41, 5.74) is 2.74. The molecule has 8 heteroatoms.